The summed E-state index contributed by atoms with van der Waals surface area (Å²) in [5.74, 6) is 0.697. The summed E-state index contributed by atoms with van der Waals surface area (Å²) >= 11 is 0. The molecule has 1 N–H and O–H groups in total. The maximum absolute atomic E-state index is 11.9. The lowest BCUT2D eigenvalue weighted by Crippen LogP contribution is -2.10. The van der Waals surface area contributed by atoms with Crippen molar-refractivity contribution in [3.05, 3.63) is 23.9 Å². The van der Waals surface area contributed by atoms with Crippen LogP contribution in [-0.2, 0) is 4.74 Å². The number of aromatic amines is 1. The van der Waals surface area contributed by atoms with Gasteiger partial charge in [0.15, 0.2) is 17.2 Å². The Bertz CT molecular complexity index is 669. The highest BCUT2D eigenvalue weighted by Gasteiger charge is 2.20. The van der Waals surface area contributed by atoms with Gasteiger partial charge in [-0.2, -0.15) is 10.3 Å². The monoisotopic (exact) mass is 319 g/mol. The second-order valence-corrected chi connectivity index (χ2v) is 4.94. The topological polar surface area (TPSA) is 86.3 Å². The number of rotatable bonds is 7. The number of H-pyrrole nitrogens is 1. The maximum atomic E-state index is 11.9. The second kappa shape index (κ2) is 7.62. The summed E-state index contributed by atoms with van der Waals surface area (Å²) in [6.07, 6.45) is 0.971. The Labute approximate surface area is 134 Å². The average Bonchev–Trinajstić information content (AvgIpc) is 3.05. The number of ether oxygens (including phenoxy) is 3. The Morgan fingerprint density at radius 2 is 2.04 bits per heavy atom. The Morgan fingerprint density at radius 1 is 1.26 bits per heavy atom. The molecule has 7 nitrogen and oxygen atoms in total. The van der Waals surface area contributed by atoms with Crippen LogP contribution in [0.5, 0.6) is 11.5 Å². The van der Waals surface area contributed by atoms with E-state index < -0.39 is 5.97 Å². The first kappa shape index (κ1) is 16.8. The number of esters is 1. The van der Waals surface area contributed by atoms with Crippen LogP contribution in [0.3, 0.4) is 0 Å². The van der Waals surface area contributed by atoms with Gasteiger partial charge in [0.1, 0.15) is 5.69 Å². The van der Waals surface area contributed by atoms with Gasteiger partial charge in [0.05, 0.1) is 19.8 Å². The van der Waals surface area contributed by atoms with Gasteiger partial charge < -0.3 is 14.2 Å². The van der Waals surface area contributed by atoms with Gasteiger partial charge in [0, 0.05) is 5.56 Å². The molecule has 0 aliphatic heterocycles. The second-order valence-electron chi connectivity index (χ2n) is 4.94. The zero-order chi connectivity index (χ0) is 16.8. The number of carbonyl (C=O) groups is 1. The van der Waals surface area contributed by atoms with Crippen LogP contribution in [0.2, 0.25) is 0 Å². The minimum Gasteiger partial charge on any atom is -0.493 e. The number of benzene rings is 1. The Balaban J connectivity index is 2.35. The van der Waals surface area contributed by atoms with E-state index in [0.717, 1.165) is 6.42 Å². The molecule has 1 aromatic heterocycles. The standard InChI is InChI=1S/C16H21N3O4/c1-5-10(3)23-12-8-7-11(9-13(12)21-4)14-15(18-19-17-14)16(20)22-6-2/h7-10H,5-6H2,1-4H3,(H,17,18,19). The van der Waals surface area contributed by atoms with Crippen molar-refractivity contribution in [2.24, 2.45) is 0 Å². The Morgan fingerprint density at radius 3 is 2.70 bits per heavy atom. The molecular weight excluding hydrogens is 298 g/mol. The molecule has 124 valence electrons. The van der Waals surface area contributed by atoms with Gasteiger partial charge in [0.2, 0.25) is 0 Å². The van der Waals surface area contributed by atoms with E-state index in [9.17, 15) is 4.79 Å². The van der Waals surface area contributed by atoms with Crippen LogP contribution in [0.15, 0.2) is 18.2 Å². The molecule has 2 rings (SSSR count). The van der Waals surface area contributed by atoms with Crippen molar-refractivity contribution in [1.82, 2.24) is 15.4 Å². The fourth-order valence-corrected chi connectivity index (χ4v) is 1.99. The minimum absolute atomic E-state index is 0.0805. The van der Waals surface area contributed by atoms with E-state index in [1.54, 1.807) is 32.2 Å². The molecule has 1 heterocycles. The number of aromatic nitrogens is 3. The lowest BCUT2D eigenvalue weighted by Gasteiger charge is -2.16. The molecule has 0 saturated carbocycles. The number of methoxy groups -OCH3 is 1. The van der Waals surface area contributed by atoms with Crippen molar-refractivity contribution in [2.45, 2.75) is 33.3 Å². The van der Waals surface area contributed by atoms with Crippen molar-refractivity contribution < 1.29 is 19.0 Å². The molecule has 7 heteroatoms. The lowest BCUT2D eigenvalue weighted by molar-refractivity contribution is 0.0520. The fraction of sp³-hybridized carbons (Fsp3) is 0.438. The van der Waals surface area contributed by atoms with Crippen molar-refractivity contribution in [1.29, 1.82) is 0 Å². The van der Waals surface area contributed by atoms with Gasteiger partial charge in [-0.3, -0.25) is 0 Å². The molecule has 1 aromatic carbocycles. The van der Waals surface area contributed by atoms with Crippen LogP contribution in [0, 0.1) is 0 Å². The van der Waals surface area contributed by atoms with Gasteiger partial charge in [-0.15, -0.1) is 5.10 Å². The SMILES string of the molecule is CCOC(=O)c1n[nH]nc1-c1ccc(OC(C)CC)c(OC)c1. The summed E-state index contributed by atoms with van der Waals surface area (Å²) in [6, 6.07) is 5.36. The first-order valence-corrected chi connectivity index (χ1v) is 7.53. The van der Waals surface area contributed by atoms with Crippen molar-refractivity contribution in [2.75, 3.05) is 13.7 Å². The summed E-state index contributed by atoms with van der Waals surface area (Å²) in [5.41, 5.74) is 1.25. The van der Waals surface area contributed by atoms with E-state index in [4.69, 9.17) is 14.2 Å². The molecule has 0 aliphatic carbocycles. The molecule has 0 bridgehead atoms. The van der Waals surface area contributed by atoms with Gasteiger partial charge in [-0.05, 0) is 38.5 Å². The van der Waals surface area contributed by atoms with Crippen LogP contribution in [-0.4, -0.2) is 41.2 Å². The molecule has 1 unspecified atom stereocenters. The smallest absolute Gasteiger partial charge is 0.361 e. The molecular formula is C16H21N3O4. The van der Waals surface area contributed by atoms with Crippen molar-refractivity contribution in [3.63, 3.8) is 0 Å². The number of nitrogens with zero attached hydrogens (tertiary/aromatic N) is 2. The summed E-state index contributed by atoms with van der Waals surface area (Å²) < 4.78 is 16.2. The van der Waals surface area contributed by atoms with Crippen LogP contribution in [0.25, 0.3) is 11.3 Å². The highest BCUT2D eigenvalue weighted by atomic mass is 16.5. The molecule has 23 heavy (non-hydrogen) atoms. The predicted octanol–water partition coefficient (Wildman–Crippen LogP) is 2.83. The number of hydrogen-bond acceptors (Lipinski definition) is 6. The van der Waals surface area contributed by atoms with E-state index in [2.05, 4.69) is 15.4 Å². The lowest BCUT2D eigenvalue weighted by atomic mass is 10.1. The quantitative estimate of drug-likeness (QED) is 0.790. The van der Waals surface area contributed by atoms with Crippen molar-refractivity contribution >= 4 is 5.97 Å². The average molecular weight is 319 g/mol. The molecule has 0 amide bonds. The highest BCUT2D eigenvalue weighted by molar-refractivity contribution is 5.94. The Hall–Kier alpha value is -2.57. The first-order valence-electron chi connectivity index (χ1n) is 7.53. The van der Waals surface area contributed by atoms with E-state index in [1.807, 2.05) is 13.8 Å². The van der Waals surface area contributed by atoms with E-state index in [-0.39, 0.29) is 18.4 Å². The fourth-order valence-electron chi connectivity index (χ4n) is 1.99. The molecule has 1 atom stereocenters. The molecule has 0 spiro atoms. The molecule has 0 radical (unpaired) electrons. The molecule has 2 aromatic rings. The maximum Gasteiger partial charge on any atom is 0.361 e. The van der Waals surface area contributed by atoms with Crippen LogP contribution >= 0.6 is 0 Å². The molecule has 0 saturated heterocycles. The third kappa shape index (κ3) is 3.80. The van der Waals surface area contributed by atoms with Crippen LogP contribution in [0.1, 0.15) is 37.7 Å². The zero-order valence-corrected chi connectivity index (χ0v) is 13.8. The molecule has 0 aliphatic rings. The summed E-state index contributed by atoms with van der Waals surface area (Å²) in [6.45, 7) is 6.05. The minimum atomic E-state index is -0.518. The number of nitrogens with one attached hydrogen (secondary N) is 1. The summed E-state index contributed by atoms with van der Waals surface area (Å²) in [7, 11) is 1.57. The van der Waals surface area contributed by atoms with Gasteiger partial charge in [-0.1, -0.05) is 6.92 Å². The Kier molecular flexibility index (Phi) is 5.56. The van der Waals surface area contributed by atoms with Gasteiger partial charge in [0.25, 0.3) is 0 Å². The third-order valence-electron chi connectivity index (χ3n) is 3.36. The number of hydrogen-bond donors (Lipinski definition) is 1. The van der Waals surface area contributed by atoms with Crippen LogP contribution in [0.4, 0.5) is 0 Å². The number of carbonyl (C=O) groups excluding carboxylic acids is 1. The van der Waals surface area contributed by atoms with Crippen LogP contribution < -0.4 is 9.47 Å². The summed E-state index contributed by atoms with van der Waals surface area (Å²) in [4.78, 5) is 11.9. The van der Waals surface area contributed by atoms with Gasteiger partial charge in [-0.25, -0.2) is 4.79 Å². The first-order chi connectivity index (χ1) is 11.1. The zero-order valence-electron chi connectivity index (χ0n) is 13.8. The molecule has 0 fully saturated rings. The van der Waals surface area contributed by atoms with E-state index >= 15 is 0 Å². The highest BCUT2D eigenvalue weighted by Crippen LogP contribution is 2.33. The van der Waals surface area contributed by atoms with Gasteiger partial charge >= 0.3 is 5.97 Å². The third-order valence-corrected chi connectivity index (χ3v) is 3.36. The van der Waals surface area contributed by atoms with Crippen molar-refractivity contribution in [3.8, 4) is 22.8 Å². The van der Waals surface area contributed by atoms with E-state index in [0.29, 0.717) is 22.8 Å². The largest absolute Gasteiger partial charge is 0.493 e. The van der Waals surface area contributed by atoms with E-state index in [1.165, 1.54) is 0 Å². The summed E-state index contributed by atoms with van der Waals surface area (Å²) in [5, 5.41) is 10.4. The predicted molar refractivity (Wildman–Crippen MR) is 84.7 cm³/mol. The normalized spacial score (nSPS) is 11.8.